The number of hydrogen-bond donors (Lipinski definition) is 2. The highest BCUT2D eigenvalue weighted by Gasteiger charge is 2.40. The van der Waals surface area contributed by atoms with Gasteiger partial charge in [0.05, 0.1) is 11.4 Å². The predicted molar refractivity (Wildman–Crippen MR) is 44.1 cm³/mol. The van der Waals surface area contributed by atoms with Gasteiger partial charge in [0, 0.05) is 6.04 Å². The van der Waals surface area contributed by atoms with E-state index in [-0.39, 0.29) is 11.3 Å². The van der Waals surface area contributed by atoms with Gasteiger partial charge in [-0.3, -0.25) is 0 Å². The summed E-state index contributed by atoms with van der Waals surface area (Å²) in [6.45, 7) is 0. The summed E-state index contributed by atoms with van der Waals surface area (Å²) in [5.74, 6) is 0. The maximum atomic E-state index is 11.3. The van der Waals surface area contributed by atoms with Gasteiger partial charge >= 0.3 is 0 Å². The molecule has 2 aliphatic carbocycles. The van der Waals surface area contributed by atoms with Crippen molar-refractivity contribution in [3.8, 4) is 0 Å². The second kappa shape index (κ2) is 2.68. The molecule has 70 valence electrons. The summed E-state index contributed by atoms with van der Waals surface area (Å²) >= 11 is 0. The summed E-state index contributed by atoms with van der Waals surface area (Å²) in [5, 5.41) is 8.97. The molecule has 2 atom stereocenters. The number of aliphatic hydroxyl groups is 1. The van der Waals surface area contributed by atoms with Crippen LogP contribution in [0.2, 0.25) is 0 Å². The first-order chi connectivity index (χ1) is 5.59. The number of rotatable bonds is 3. The fraction of sp³-hybridized carbons (Fsp3) is 1.00. The normalized spacial score (nSPS) is 36.1. The molecule has 0 heterocycles. The molecule has 0 bridgehead atoms. The third kappa shape index (κ3) is 1.48. The van der Waals surface area contributed by atoms with E-state index in [9.17, 15) is 8.42 Å². The molecular formula is C7H13NO3S. The molecule has 0 aromatic rings. The number of hydrogen-bond acceptors (Lipinski definition) is 3. The van der Waals surface area contributed by atoms with Crippen LogP contribution in [0.15, 0.2) is 0 Å². The Morgan fingerprint density at radius 2 is 1.83 bits per heavy atom. The Balaban J connectivity index is 1.93. The first-order valence-corrected chi connectivity index (χ1v) is 5.83. The van der Waals surface area contributed by atoms with Crippen molar-refractivity contribution in [2.45, 2.75) is 43.1 Å². The maximum absolute atomic E-state index is 11.3. The van der Waals surface area contributed by atoms with Crippen molar-refractivity contribution < 1.29 is 13.5 Å². The van der Waals surface area contributed by atoms with Crippen LogP contribution in [0.25, 0.3) is 0 Å². The molecule has 0 spiro atoms. The van der Waals surface area contributed by atoms with E-state index in [1.54, 1.807) is 0 Å². The van der Waals surface area contributed by atoms with E-state index in [0.717, 1.165) is 25.7 Å². The van der Waals surface area contributed by atoms with Crippen molar-refractivity contribution in [2.24, 2.45) is 0 Å². The standard InChI is InChI=1S/C7H13NO3S/c9-7-4-3-6(7)8-12(10,11)5-1-2-5/h5-9H,1-4H2/t6-,7-/m1/s1. The van der Waals surface area contributed by atoms with Gasteiger partial charge in [0.15, 0.2) is 0 Å². The molecule has 0 amide bonds. The van der Waals surface area contributed by atoms with Crippen molar-refractivity contribution in [2.75, 3.05) is 0 Å². The summed E-state index contributed by atoms with van der Waals surface area (Å²) in [4.78, 5) is 0. The Kier molecular flexibility index (Phi) is 1.89. The average molecular weight is 191 g/mol. The largest absolute Gasteiger partial charge is 0.391 e. The third-order valence-corrected chi connectivity index (χ3v) is 4.50. The smallest absolute Gasteiger partial charge is 0.214 e. The number of aliphatic hydroxyl groups excluding tert-OH is 1. The monoisotopic (exact) mass is 191 g/mol. The van der Waals surface area contributed by atoms with Crippen molar-refractivity contribution in [1.82, 2.24) is 4.72 Å². The van der Waals surface area contributed by atoms with Crippen LogP contribution in [-0.2, 0) is 10.0 Å². The summed E-state index contributed by atoms with van der Waals surface area (Å²) in [6, 6.07) is -0.212. The summed E-state index contributed by atoms with van der Waals surface area (Å²) in [5.41, 5.74) is 0. The van der Waals surface area contributed by atoms with Gasteiger partial charge < -0.3 is 5.11 Å². The highest BCUT2D eigenvalue weighted by molar-refractivity contribution is 7.90. The Morgan fingerprint density at radius 1 is 1.17 bits per heavy atom. The van der Waals surface area contributed by atoms with Gasteiger partial charge in [0.1, 0.15) is 0 Å². The Bertz CT molecular complexity index is 270. The summed E-state index contributed by atoms with van der Waals surface area (Å²) in [7, 11) is -3.09. The molecule has 12 heavy (non-hydrogen) atoms. The predicted octanol–water partition coefficient (Wildman–Crippen LogP) is -0.409. The van der Waals surface area contributed by atoms with Gasteiger partial charge in [0.25, 0.3) is 0 Å². The Hall–Kier alpha value is -0.130. The van der Waals surface area contributed by atoms with Gasteiger partial charge in [0.2, 0.25) is 10.0 Å². The van der Waals surface area contributed by atoms with Gasteiger partial charge in [-0.05, 0) is 25.7 Å². The molecule has 2 fully saturated rings. The average Bonchev–Trinajstić information content (AvgIpc) is 2.79. The van der Waals surface area contributed by atoms with Crippen LogP contribution in [0.3, 0.4) is 0 Å². The van der Waals surface area contributed by atoms with E-state index in [1.807, 2.05) is 0 Å². The van der Waals surface area contributed by atoms with Crippen molar-refractivity contribution in [3.63, 3.8) is 0 Å². The Morgan fingerprint density at radius 3 is 2.17 bits per heavy atom. The molecule has 2 rings (SSSR count). The quantitative estimate of drug-likeness (QED) is 0.637. The van der Waals surface area contributed by atoms with Crippen LogP contribution < -0.4 is 4.72 Å². The van der Waals surface area contributed by atoms with Crippen molar-refractivity contribution >= 4 is 10.0 Å². The molecule has 0 radical (unpaired) electrons. The summed E-state index contributed by atoms with van der Waals surface area (Å²) in [6.07, 6.45) is 2.58. The zero-order chi connectivity index (χ0) is 8.77. The minimum Gasteiger partial charge on any atom is -0.391 e. The first-order valence-electron chi connectivity index (χ1n) is 4.29. The lowest BCUT2D eigenvalue weighted by molar-refractivity contribution is 0.0612. The zero-order valence-electron chi connectivity index (χ0n) is 6.73. The SMILES string of the molecule is O=S(=O)(N[C@@H]1CC[C@H]1O)C1CC1. The molecule has 2 aliphatic rings. The van der Waals surface area contributed by atoms with Gasteiger partial charge in [-0.1, -0.05) is 0 Å². The van der Waals surface area contributed by atoms with Crippen LogP contribution in [0.4, 0.5) is 0 Å². The van der Waals surface area contributed by atoms with E-state index < -0.39 is 16.1 Å². The molecule has 0 aromatic heterocycles. The minimum atomic E-state index is -3.09. The van der Waals surface area contributed by atoms with E-state index in [1.165, 1.54) is 0 Å². The fourth-order valence-electron chi connectivity index (χ4n) is 1.31. The topological polar surface area (TPSA) is 66.4 Å². The number of sulfonamides is 1. The van der Waals surface area contributed by atoms with Gasteiger partial charge in [-0.15, -0.1) is 0 Å². The van der Waals surface area contributed by atoms with E-state index >= 15 is 0 Å². The van der Waals surface area contributed by atoms with Gasteiger partial charge in [-0.2, -0.15) is 0 Å². The van der Waals surface area contributed by atoms with Crippen LogP contribution in [0, 0.1) is 0 Å². The Labute approximate surface area is 72.0 Å². The van der Waals surface area contributed by atoms with Crippen molar-refractivity contribution in [3.05, 3.63) is 0 Å². The molecule has 2 N–H and O–H groups in total. The van der Waals surface area contributed by atoms with E-state index in [0.29, 0.717) is 0 Å². The second-order valence-electron chi connectivity index (χ2n) is 3.61. The lowest BCUT2D eigenvalue weighted by Crippen LogP contribution is -2.50. The number of nitrogens with one attached hydrogen (secondary N) is 1. The van der Waals surface area contributed by atoms with Gasteiger partial charge in [-0.25, -0.2) is 13.1 Å². The molecule has 2 saturated carbocycles. The third-order valence-electron chi connectivity index (χ3n) is 2.52. The maximum Gasteiger partial charge on any atom is 0.214 e. The molecule has 0 aromatic carbocycles. The van der Waals surface area contributed by atoms with Crippen LogP contribution >= 0.6 is 0 Å². The van der Waals surface area contributed by atoms with Crippen LogP contribution in [0.1, 0.15) is 25.7 Å². The molecule has 4 nitrogen and oxygen atoms in total. The zero-order valence-corrected chi connectivity index (χ0v) is 7.55. The van der Waals surface area contributed by atoms with E-state index in [2.05, 4.69) is 4.72 Å². The lowest BCUT2D eigenvalue weighted by atomic mass is 9.90. The van der Waals surface area contributed by atoms with Crippen LogP contribution in [0.5, 0.6) is 0 Å². The van der Waals surface area contributed by atoms with Crippen molar-refractivity contribution in [1.29, 1.82) is 0 Å². The first kappa shape index (κ1) is 8.47. The summed E-state index contributed by atoms with van der Waals surface area (Å²) < 4.78 is 25.2. The molecular weight excluding hydrogens is 178 g/mol. The highest BCUT2D eigenvalue weighted by atomic mass is 32.2. The molecule has 0 aliphatic heterocycles. The van der Waals surface area contributed by atoms with Crippen LogP contribution in [-0.4, -0.2) is 30.9 Å². The molecule has 5 heteroatoms. The minimum absolute atomic E-state index is 0.176. The van der Waals surface area contributed by atoms with E-state index in [4.69, 9.17) is 5.11 Å². The molecule has 0 unspecified atom stereocenters. The second-order valence-corrected chi connectivity index (χ2v) is 5.61. The highest BCUT2D eigenvalue weighted by Crippen LogP contribution is 2.29. The molecule has 0 saturated heterocycles. The fourth-order valence-corrected chi connectivity index (χ4v) is 2.95. The lowest BCUT2D eigenvalue weighted by Gasteiger charge is -2.32.